The summed E-state index contributed by atoms with van der Waals surface area (Å²) in [6.45, 7) is 1.96. The zero-order valence-electron chi connectivity index (χ0n) is 9.18. The molecule has 0 atom stereocenters. The zero-order valence-corrected chi connectivity index (χ0v) is 11.6. The molecule has 0 unspecified atom stereocenters. The number of thiazole rings is 1. The average Bonchev–Trinajstić information content (AvgIpc) is 2.73. The Morgan fingerprint density at radius 1 is 1.61 bits per heavy atom. The first-order valence-corrected chi connectivity index (χ1v) is 6.55. The van der Waals surface area contributed by atoms with Crippen molar-refractivity contribution in [1.29, 1.82) is 0 Å². The number of nitro groups is 1. The van der Waals surface area contributed by atoms with Crippen molar-refractivity contribution in [2.24, 2.45) is 0 Å². The Morgan fingerprint density at radius 3 is 2.94 bits per heavy atom. The van der Waals surface area contributed by atoms with Crippen LogP contribution in [0.4, 0.5) is 5.69 Å². The quantitative estimate of drug-likeness (QED) is 0.490. The number of carbonyl (C=O) groups excluding carboxylic acids is 1. The molecular formula is C10H7BrN2O4S. The summed E-state index contributed by atoms with van der Waals surface area (Å²) in [6.07, 6.45) is 0. The summed E-state index contributed by atoms with van der Waals surface area (Å²) in [5.41, 5.74) is 0.333. The molecule has 0 N–H and O–H groups in total. The molecule has 8 heteroatoms. The van der Waals surface area contributed by atoms with Crippen LogP contribution in [0.1, 0.15) is 16.7 Å². The van der Waals surface area contributed by atoms with Crippen molar-refractivity contribution in [3.63, 3.8) is 0 Å². The van der Waals surface area contributed by atoms with Crippen LogP contribution in [0.15, 0.2) is 16.6 Å². The number of benzene rings is 1. The van der Waals surface area contributed by atoms with Gasteiger partial charge in [0.25, 0.3) is 5.69 Å². The summed E-state index contributed by atoms with van der Waals surface area (Å²) >= 11 is 4.37. The summed E-state index contributed by atoms with van der Waals surface area (Å²) in [4.78, 5) is 25.8. The van der Waals surface area contributed by atoms with E-state index in [1.54, 1.807) is 6.92 Å². The number of rotatable bonds is 3. The fraction of sp³-hybridized carbons (Fsp3) is 0.200. The fourth-order valence-electron chi connectivity index (χ4n) is 1.36. The van der Waals surface area contributed by atoms with E-state index in [0.717, 1.165) is 11.3 Å². The second kappa shape index (κ2) is 4.99. The van der Waals surface area contributed by atoms with Gasteiger partial charge in [0.2, 0.25) is 5.01 Å². The zero-order chi connectivity index (χ0) is 13.3. The minimum absolute atomic E-state index is 0.0740. The SMILES string of the molecule is CCOC(=O)c1nc2cc([N+](=O)[O-])cc(Br)c2s1. The molecule has 0 saturated carbocycles. The number of ether oxygens (including phenoxy) is 1. The number of carbonyl (C=O) groups is 1. The molecule has 0 aliphatic heterocycles. The summed E-state index contributed by atoms with van der Waals surface area (Å²) in [5.74, 6) is -0.520. The molecule has 1 aromatic carbocycles. The highest BCUT2D eigenvalue weighted by Crippen LogP contribution is 2.33. The van der Waals surface area contributed by atoms with E-state index in [2.05, 4.69) is 20.9 Å². The predicted octanol–water partition coefficient (Wildman–Crippen LogP) is 3.14. The first-order valence-electron chi connectivity index (χ1n) is 4.94. The third-order valence-corrected chi connectivity index (χ3v) is 4.06. The van der Waals surface area contributed by atoms with Gasteiger partial charge >= 0.3 is 5.97 Å². The van der Waals surface area contributed by atoms with Crippen molar-refractivity contribution in [3.05, 3.63) is 31.7 Å². The minimum atomic E-state index is -0.520. The molecular weight excluding hydrogens is 324 g/mol. The predicted molar refractivity (Wildman–Crippen MR) is 69.9 cm³/mol. The number of esters is 1. The maximum Gasteiger partial charge on any atom is 0.367 e. The van der Waals surface area contributed by atoms with Crippen LogP contribution in [-0.4, -0.2) is 22.5 Å². The smallest absolute Gasteiger partial charge is 0.367 e. The maximum absolute atomic E-state index is 11.5. The maximum atomic E-state index is 11.5. The topological polar surface area (TPSA) is 82.3 Å². The molecule has 1 aromatic heterocycles. The van der Waals surface area contributed by atoms with E-state index in [1.807, 2.05) is 0 Å². The molecule has 0 aliphatic carbocycles. The van der Waals surface area contributed by atoms with E-state index in [1.165, 1.54) is 12.1 Å². The molecule has 0 bridgehead atoms. The van der Waals surface area contributed by atoms with Crippen LogP contribution in [0.2, 0.25) is 0 Å². The van der Waals surface area contributed by atoms with Gasteiger partial charge in [-0.15, -0.1) is 11.3 Å². The largest absolute Gasteiger partial charge is 0.461 e. The third kappa shape index (κ3) is 2.34. The second-order valence-corrected chi connectivity index (χ2v) is 5.13. The van der Waals surface area contributed by atoms with Gasteiger partial charge in [0.15, 0.2) is 0 Å². The van der Waals surface area contributed by atoms with Crippen LogP contribution in [-0.2, 0) is 4.74 Å². The van der Waals surface area contributed by atoms with E-state index in [9.17, 15) is 14.9 Å². The van der Waals surface area contributed by atoms with Gasteiger partial charge in [0.05, 0.1) is 21.7 Å². The van der Waals surface area contributed by atoms with E-state index < -0.39 is 10.9 Å². The van der Waals surface area contributed by atoms with Crippen LogP contribution in [0.25, 0.3) is 10.2 Å². The standard InChI is InChI=1S/C10H7BrN2O4S/c1-2-17-10(14)9-12-7-4-5(13(15)16)3-6(11)8(7)18-9/h3-4H,2H2,1H3. The number of fused-ring (bicyclic) bond motifs is 1. The third-order valence-electron chi connectivity index (χ3n) is 2.09. The Balaban J connectivity index is 2.54. The molecule has 0 radical (unpaired) electrons. The Bertz CT molecular complexity index is 640. The first-order chi connectivity index (χ1) is 8.52. The molecule has 0 fully saturated rings. The molecule has 0 saturated heterocycles. The Hall–Kier alpha value is -1.54. The summed E-state index contributed by atoms with van der Waals surface area (Å²) in [7, 11) is 0. The minimum Gasteiger partial charge on any atom is -0.461 e. The van der Waals surface area contributed by atoms with Crippen molar-refractivity contribution in [2.75, 3.05) is 6.61 Å². The van der Waals surface area contributed by atoms with Crippen molar-refractivity contribution in [3.8, 4) is 0 Å². The Morgan fingerprint density at radius 2 is 2.33 bits per heavy atom. The lowest BCUT2D eigenvalue weighted by molar-refractivity contribution is -0.384. The summed E-state index contributed by atoms with van der Waals surface area (Å²) in [5, 5.41) is 10.9. The first kappa shape index (κ1) is 12.9. The average molecular weight is 331 g/mol. The number of nitro benzene ring substituents is 1. The number of hydrogen-bond acceptors (Lipinski definition) is 6. The molecule has 0 amide bonds. The van der Waals surface area contributed by atoms with Gasteiger partial charge < -0.3 is 4.74 Å². The highest BCUT2D eigenvalue weighted by molar-refractivity contribution is 9.10. The number of non-ortho nitro benzene ring substituents is 1. The number of nitrogens with zero attached hydrogens (tertiary/aromatic N) is 2. The van der Waals surface area contributed by atoms with Crippen LogP contribution < -0.4 is 0 Å². The molecule has 2 rings (SSSR count). The molecule has 2 aromatic rings. The van der Waals surface area contributed by atoms with Gasteiger partial charge in [-0.2, -0.15) is 0 Å². The molecule has 6 nitrogen and oxygen atoms in total. The Kier molecular flexibility index (Phi) is 3.58. The lowest BCUT2D eigenvalue weighted by atomic mass is 10.3. The lowest BCUT2D eigenvalue weighted by Crippen LogP contribution is -2.03. The summed E-state index contributed by atoms with van der Waals surface area (Å²) < 4.78 is 6.06. The van der Waals surface area contributed by atoms with E-state index in [0.29, 0.717) is 14.7 Å². The van der Waals surface area contributed by atoms with E-state index >= 15 is 0 Å². The van der Waals surface area contributed by atoms with Crippen LogP contribution >= 0.6 is 27.3 Å². The Labute approximate surface area is 114 Å². The summed E-state index contributed by atoms with van der Waals surface area (Å²) in [6, 6.07) is 2.72. The lowest BCUT2D eigenvalue weighted by Gasteiger charge is -1.94. The van der Waals surface area contributed by atoms with Gasteiger partial charge in [0.1, 0.15) is 0 Å². The number of halogens is 1. The molecule has 94 valence electrons. The van der Waals surface area contributed by atoms with Crippen LogP contribution in [0.5, 0.6) is 0 Å². The number of hydrogen-bond donors (Lipinski definition) is 0. The molecule has 1 heterocycles. The molecule has 0 aliphatic rings. The highest BCUT2D eigenvalue weighted by atomic mass is 79.9. The van der Waals surface area contributed by atoms with Gasteiger partial charge in [0, 0.05) is 16.6 Å². The second-order valence-electron chi connectivity index (χ2n) is 3.27. The van der Waals surface area contributed by atoms with Crippen molar-refractivity contribution < 1.29 is 14.5 Å². The van der Waals surface area contributed by atoms with Gasteiger partial charge in [-0.05, 0) is 22.9 Å². The van der Waals surface area contributed by atoms with Crippen LogP contribution in [0, 0.1) is 10.1 Å². The molecule has 0 spiro atoms. The molecule has 18 heavy (non-hydrogen) atoms. The monoisotopic (exact) mass is 330 g/mol. The number of aromatic nitrogens is 1. The normalized spacial score (nSPS) is 10.6. The van der Waals surface area contributed by atoms with Crippen molar-refractivity contribution in [2.45, 2.75) is 6.92 Å². The van der Waals surface area contributed by atoms with Gasteiger partial charge in [-0.3, -0.25) is 10.1 Å². The highest BCUT2D eigenvalue weighted by Gasteiger charge is 2.18. The van der Waals surface area contributed by atoms with Crippen molar-refractivity contribution in [1.82, 2.24) is 4.98 Å². The van der Waals surface area contributed by atoms with Crippen molar-refractivity contribution >= 4 is 49.1 Å². The van der Waals surface area contributed by atoms with Gasteiger partial charge in [-0.25, -0.2) is 9.78 Å². The van der Waals surface area contributed by atoms with Crippen LogP contribution in [0.3, 0.4) is 0 Å². The van der Waals surface area contributed by atoms with E-state index in [-0.39, 0.29) is 17.3 Å². The van der Waals surface area contributed by atoms with Gasteiger partial charge in [-0.1, -0.05) is 0 Å². The fourth-order valence-corrected chi connectivity index (χ4v) is 2.89. The van der Waals surface area contributed by atoms with E-state index in [4.69, 9.17) is 4.74 Å².